The fraction of sp³-hybridized carbons (Fsp3) is 0.316. The highest BCUT2D eigenvalue weighted by molar-refractivity contribution is 5.95. The molecule has 1 N–H and O–H groups in total. The number of carbonyl (C=O) groups is 1. The molecule has 1 atom stereocenters. The van der Waals surface area contributed by atoms with Crippen molar-refractivity contribution in [1.29, 1.82) is 0 Å². The van der Waals surface area contributed by atoms with E-state index < -0.39 is 28.6 Å². The first kappa shape index (κ1) is 21.2. The maximum absolute atomic E-state index is 13.2. The van der Waals surface area contributed by atoms with Crippen LogP contribution in [0.4, 0.5) is 18.9 Å². The van der Waals surface area contributed by atoms with Crippen LogP contribution in [0.5, 0.6) is 0 Å². The number of benzene rings is 1. The van der Waals surface area contributed by atoms with E-state index in [9.17, 15) is 28.1 Å². The van der Waals surface area contributed by atoms with E-state index in [2.05, 4.69) is 15.5 Å². The summed E-state index contributed by atoms with van der Waals surface area (Å²) in [6.07, 6.45) is -3.22. The Labute approximate surface area is 168 Å². The highest BCUT2D eigenvalue weighted by Crippen LogP contribution is 2.33. The van der Waals surface area contributed by atoms with Gasteiger partial charge in [-0.3, -0.25) is 19.3 Å². The van der Waals surface area contributed by atoms with Gasteiger partial charge in [-0.15, -0.1) is 10.2 Å². The second-order valence-electron chi connectivity index (χ2n) is 7.12. The monoisotopic (exact) mass is 421 g/mol. The standard InChI is InChI=1S/C19H18F3N5O3/c1-10(2)15(23-18(28)12-7-6-11(3)14(9-12)27(29)30)17-25-24-16-13(19(20,21)22)5-4-8-26(16)17/h4-10,15H,1-3H3,(H,23,28)/t15-/m0/s1. The molecule has 0 aliphatic rings. The third-order valence-electron chi connectivity index (χ3n) is 4.67. The molecule has 11 heteroatoms. The molecule has 0 aliphatic carbocycles. The zero-order valence-corrected chi connectivity index (χ0v) is 16.3. The fourth-order valence-corrected chi connectivity index (χ4v) is 3.07. The molecule has 0 bridgehead atoms. The number of carbonyl (C=O) groups excluding carboxylic acids is 1. The minimum Gasteiger partial charge on any atom is -0.342 e. The van der Waals surface area contributed by atoms with Crippen molar-refractivity contribution in [3.8, 4) is 0 Å². The first-order valence-electron chi connectivity index (χ1n) is 8.97. The van der Waals surface area contributed by atoms with Crippen molar-refractivity contribution >= 4 is 17.2 Å². The number of nitro benzene ring substituents is 1. The van der Waals surface area contributed by atoms with Crippen LogP contribution in [-0.4, -0.2) is 25.4 Å². The Bertz CT molecular complexity index is 1120. The smallest absolute Gasteiger partial charge is 0.342 e. The number of amides is 1. The summed E-state index contributed by atoms with van der Waals surface area (Å²) in [7, 11) is 0. The maximum Gasteiger partial charge on any atom is 0.420 e. The van der Waals surface area contributed by atoms with Crippen molar-refractivity contribution in [3.63, 3.8) is 0 Å². The van der Waals surface area contributed by atoms with Crippen LogP contribution in [0.1, 0.15) is 47.2 Å². The van der Waals surface area contributed by atoms with Gasteiger partial charge in [0.1, 0.15) is 5.56 Å². The zero-order valence-electron chi connectivity index (χ0n) is 16.3. The largest absolute Gasteiger partial charge is 0.420 e. The molecular weight excluding hydrogens is 403 g/mol. The number of nitro groups is 1. The van der Waals surface area contributed by atoms with Gasteiger partial charge in [-0.05, 0) is 31.0 Å². The van der Waals surface area contributed by atoms with Gasteiger partial charge in [-0.1, -0.05) is 19.9 Å². The van der Waals surface area contributed by atoms with Crippen molar-refractivity contribution in [2.24, 2.45) is 5.92 Å². The van der Waals surface area contributed by atoms with E-state index in [1.807, 2.05) is 0 Å². The lowest BCUT2D eigenvalue weighted by atomic mass is 10.0. The summed E-state index contributed by atoms with van der Waals surface area (Å²) in [5.74, 6) is -0.738. The summed E-state index contributed by atoms with van der Waals surface area (Å²) in [4.78, 5) is 23.3. The number of nitrogens with zero attached hydrogens (tertiary/aromatic N) is 4. The summed E-state index contributed by atoms with van der Waals surface area (Å²) >= 11 is 0. The van der Waals surface area contributed by atoms with Crippen molar-refractivity contribution in [2.45, 2.75) is 33.0 Å². The number of hydrogen-bond donors (Lipinski definition) is 1. The lowest BCUT2D eigenvalue weighted by Gasteiger charge is -2.21. The van der Waals surface area contributed by atoms with Gasteiger partial charge in [-0.2, -0.15) is 13.2 Å². The van der Waals surface area contributed by atoms with Gasteiger partial charge < -0.3 is 5.32 Å². The van der Waals surface area contributed by atoms with Gasteiger partial charge in [0.25, 0.3) is 11.6 Å². The average Bonchev–Trinajstić information content (AvgIpc) is 3.08. The van der Waals surface area contributed by atoms with Gasteiger partial charge in [0.15, 0.2) is 11.5 Å². The Morgan fingerprint density at radius 3 is 2.53 bits per heavy atom. The zero-order chi connectivity index (χ0) is 22.2. The second kappa shape index (κ2) is 7.73. The molecule has 0 aliphatic heterocycles. The lowest BCUT2D eigenvalue weighted by Crippen LogP contribution is -2.33. The van der Waals surface area contributed by atoms with Gasteiger partial charge in [0.05, 0.1) is 11.0 Å². The first-order chi connectivity index (χ1) is 14.0. The van der Waals surface area contributed by atoms with Gasteiger partial charge >= 0.3 is 6.18 Å². The summed E-state index contributed by atoms with van der Waals surface area (Å²) in [5, 5.41) is 21.4. The fourth-order valence-electron chi connectivity index (χ4n) is 3.07. The van der Waals surface area contributed by atoms with Crippen LogP contribution in [-0.2, 0) is 6.18 Å². The molecule has 30 heavy (non-hydrogen) atoms. The Balaban J connectivity index is 1.99. The van der Waals surface area contributed by atoms with Crippen LogP contribution >= 0.6 is 0 Å². The number of aromatic nitrogens is 3. The molecule has 1 aromatic carbocycles. The minimum absolute atomic E-state index is 0.0581. The van der Waals surface area contributed by atoms with Gasteiger partial charge in [0.2, 0.25) is 0 Å². The van der Waals surface area contributed by atoms with Gasteiger partial charge in [0, 0.05) is 23.4 Å². The van der Waals surface area contributed by atoms with E-state index >= 15 is 0 Å². The Morgan fingerprint density at radius 2 is 1.93 bits per heavy atom. The molecule has 3 aromatic rings. The van der Waals surface area contributed by atoms with E-state index in [4.69, 9.17) is 0 Å². The van der Waals surface area contributed by atoms with E-state index in [0.717, 1.165) is 12.1 Å². The van der Waals surface area contributed by atoms with Crippen molar-refractivity contribution in [1.82, 2.24) is 19.9 Å². The lowest BCUT2D eigenvalue weighted by molar-refractivity contribution is -0.385. The highest BCUT2D eigenvalue weighted by Gasteiger charge is 2.35. The van der Waals surface area contributed by atoms with E-state index in [1.54, 1.807) is 20.8 Å². The molecule has 0 spiro atoms. The van der Waals surface area contributed by atoms with Crippen LogP contribution < -0.4 is 5.32 Å². The van der Waals surface area contributed by atoms with Crippen LogP contribution in [0, 0.1) is 23.0 Å². The molecule has 3 rings (SSSR count). The van der Waals surface area contributed by atoms with E-state index in [1.165, 1.54) is 28.8 Å². The number of halogens is 3. The molecule has 158 valence electrons. The molecule has 0 fully saturated rings. The van der Waals surface area contributed by atoms with Crippen molar-refractivity contribution in [2.75, 3.05) is 0 Å². The predicted octanol–water partition coefficient (Wildman–Crippen LogP) is 4.09. The average molecular weight is 421 g/mol. The Morgan fingerprint density at radius 1 is 1.23 bits per heavy atom. The predicted molar refractivity (Wildman–Crippen MR) is 101 cm³/mol. The number of fused-ring (bicyclic) bond motifs is 1. The van der Waals surface area contributed by atoms with Crippen molar-refractivity contribution < 1.29 is 22.9 Å². The Hall–Kier alpha value is -3.50. The first-order valence-corrected chi connectivity index (χ1v) is 8.97. The molecular formula is C19H18F3N5O3. The van der Waals surface area contributed by atoms with Crippen LogP contribution in [0.2, 0.25) is 0 Å². The van der Waals surface area contributed by atoms with Crippen LogP contribution in [0.25, 0.3) is 5.65 Å². The van der Waals surface area contributed by atoms with Crippen molar-refractivity contribution in [3.05, 3.63) is 69.2 Å². The summed E-state index contributed by atoms with van der Waals surface area (Å²) in [5.41, 5.74) is -1.05. The quantitative estimate of drug-likeness (QED) is 0.494. The number of aryl methyl sites for hydroxylation is 1. The molecule has 0 saturated heterocycles. The minimum atomic E-state index is -4.61. The number of alkyl halides is 3. The number of pyridine rings is 1. The SMILES string of the molecule is Cc1ccc(C(=O)N[C@H](c2nnc3c(C(F)(F)F)cccn23)C(C)C)cc1[N+](=O)[O-]. The van der Waals surface area contributed by atoms with E-state index in [0.29, 0.717) is 5.56 Å². The third-order valence-corrected chi connectivity index (χ3v) is 4.67. The normalized spacial score (nSPS) is 12.9. The molecule has 8 nitrogen and oxygen atoms in total. The number of nitrogens with one attached hydrogen (secondary N) is 1. The summed E-state index contributed by atoms with van der Waals surface area (Å²) in [6.45, 7) is 5.08. The highest BCUT2D eigenvalue weighted by atomic mass is 19.4. The molecule has 0 radical (unpaired) electrons. The molecule has 0 unspecified atom stereocenters. The van der Waals surface area contributed by atoms with Crippen LogP contribution in [0.15, 0.2) is 36.5 Å². The van der Waals surface area contributed by atoms with E-state index in [-0.39, 0.29) is 28.6 Å². The maximum atomic E-state index is 13.2. The second-order valence-corrected chi connectivity index (χ2v) is 7.12. The molecule has 0 saturated carbocycles. The summed E-state index contributed by atoms with van der Waals surface area (Å²) in [6, 6.07) is 5.41. The molecule has 2 heterocycles. The summed E-state index contributed by atoms with van der Waals surface area (Å²) < 4.78 is 40.9. The molecule has 2 aromatic heterocycles. The Kier molecular flexibility index (Phi) is 5.47. The molecule has 1 amide bonds. The third kappa shape index (κ3) is 3.95. The van der Waals surface area contributed by atoms with Gasteiger partial charge in [-0.25, -0.2) is 0 Å². The number of hydrogen-bond acceptors (Lipinski definition) is 5. The van der Waals surface area contributed by atoms with Crippen LogP contribution in [0.3, 0.4) is 0 Å². The number of rotatable bonds is 5. The topological polar surface area (TPSA) is 102 Å².